The van der Waals surface area contributed by atoms with Crippen molar-refractivity contribution in [3.8, 4) is 0 Å². The highest BCUT2D eigenvalue weighted by atomic mass is 31.1. The molecule has 1 rings (SSSR count). The molecule has 0 amide bonds. The lowest BCUT2D eigenvalue weighted by Gasteiger charge is -2.35. The maximum atomic E-state index is 10.2. The molecule has 1 aliphatic rings. The van der Waals surface area contributed by atoms with Crippen LogP contribution >= 0.6 is 8.25 Å². The fourth-order valence-corrected chi connectivity index (χ4v) is 1.33. The lowest BCUT2D eigenvalue weighted by molar-refractivity contribution is -0.190. The Kier molecular flexibility index (Phi) is 1.88. The third kappa shape index (κ3) is 1.50. The smallest absolute Gasteiger partial charge is 0.326 e. The molecule has 0 aromatic rings. The molecule has 0 bridgehead atoms. The zero-order valence-corrected chi connectivity index (χ0v) is 5.66. The molecule has 0 spiro atoms. The number of aliphatic hydroxyl groups excluding tert-OH is 1. The Morgan fingerprint density at radius 3 is 2.56 bits per heavy atom. The molecule has 5 nitrogen and oxygen atoms in total. The van der Waals surface area contributed by atoms with E-state index in [-0.39, 0.29) is 13.0 Å². The van der Waals surface area contributed by atoms with Crippen LogP contribution in [0.3, 0.4) is 0 Å². The van der Waals surface area contributed by atoms with Crippen molar-refractivity contribution >= 4 is 8.25 Å². The standard InChI is InChI=1S/C3H8NO4P/c4-3(1-2-5)7-9(6)8-3/h5,9H,1-2,4H2. The second-order valence-corrected chi connectivity index (χ2v) is 2.65. The Morgan fingerprint density at radius 2 is 2.22 bits per heavy atom. The van der Waals surface area contributed by atoms with Crippen molar-refractivity contribution in [2.75, 3.05) is 6.61 Å². The molecule has 54 valence electrons. The van der Waals surface area contributed by atoms with Gasteiger partial charge in [0.1, 0.15) is 0 Å². The third-order valence-electron chi connectivity index (χ3n) is 0.972. The predicted octanol–water partition coefficient (Wildman–Crippen LogP) is -0.582. The van der Waals surface area contributed by atoms with Crippen LogP contribution in [0.2, 0.25) is 0 Å². The van der Waals surface area contributed by atoms with Crippen molar-refractivity contribution in [1.29, 1.82) is 0 Å². The quantitative estimate of drug-likeness (QED) is 0.518. The fourth-order valence-electron chi connectivity index (χ4n) is 0.548. The van der Waals surface area contributed by atoms with Crippen LogP contribution in [-0.2, 0) is 13.6 Å². The molecule has 0 aliphatic carbocycles. The monoisotopic (exact) mass is 153 g/mol. The summed E-state index contributed by atoms with van der Waals surface area (Å²) < 4.78 is 19.2. The van der Waals surface area contributed by atoms with Gasteiger partial charge in [-0.3, -0.25) is 19.3 Å². The number of rotatable bonds is 2. The second-order valence-electron chi connectivity index (χ2n) is 1.74. The van der Waals surface area contributed by atoms with Crippen LogP contribution in [-0.4, -0.2) is 17.6 Å². The van der Waals surface area contributed by atoms with Gasteiger partial charge in [0.05, 0.1) is 0 Å². The summed E-state index contributed by atoms with van der Waals surface area (Å²) in [5.74, 6) is -1.27. The Bertz CT molecular complexity index is 130. The minimum Gasteiger partial charge on any atom is -0.396 e. The predicted molar refractivity (Wildman–Crippen MR) is 29.8 cm³/mol. The van der Waals surface area contributed by atoms with Crippen LogP contribution in [0.4, 0.5) is 0 Å². The Morgan fingerprint density at radius 1 is 1.67 bits per heavy atom. The average molecular weight is 153 g/mol. The summed E-state index contributed by atoms with van der Waals surface area (Å²) in [5, 5.41) is 8.32. The molecule has 0 aromatic heterocycles. The molecular weight excluding hydrogens is 145 g/mol. The van der Waals surface area contributed by atoms with Crippen LogP contribution in [0.1, 0.15) is 6.42 Å². The Labute approximate surface area is 52.7 Å². The van der Waals surface area contributed by atoms with E-state index < -0.39 is 14.2 Å². The maximum absolute atomic E-state index is 10.2. The SMILES string of the molecule is NC1(CCO)O[PH](=O)O1. The van der Waals surface area contributed by atoms with Crippen molar-refractivity contribution in [2.45, 2.75) is 12.3 Å². The second kappa shape index (κ2) is 2.36. The van der Waals surface area contributed by atoms with Gasteiger partial charge in [0.15, 0.2) is 0 Å². The van der Waals surface area contributed by atoms with Crippen molar-refractivity contribution < 1.29 is 18.7 Å². The van der Waals surface area contributed by atoms with Gasteiger partial charge in [-0.05, 0) is 0 Å². The van der Waals surface area contributed by atoms with Crippen molar-refractivity contribution in [1.82, 2.24) is 0 Å². The highest BCUT2D eigenvalue weighted by Crippen LogP contribution is 2.46. The molecule has 0 aromatic carbocycles. The maximum Gasteiger partial charge on any atom is 0.326 e. The average Bonchev–Trinajstić information content (AvgIpc) is 1.62. The molecular formula is C3H8NO4P. The van der Waals surface area contributed by atoms with E-state index in [1.54, 1.807) is 0 Å². The highest BCUT2D eigenvalue weighted by Gasteiger charge is 2.40. The van der Waals surface area contributed by atoms with Crippen LogP contribution < -0.4 is 5.73 Å². The van der Waals surface area contributed by atoms with E-state index in [1.165, 1.54) is 0 Å². The topological polar surface area (TPSA) is 81.8 Å². The van der Waals surface area contributed by atoms with Crippen LogP contribution in [0.15, 0.2) is 0 Å². The first-order chi connectivity index (χ1) is 4.16. The first-order valence-electron chi connectivity index (χ1n) is 2.48. The lowest BCUT2D eigenvalue weighted by atomic mass is 10.4. The van der Waals surface area contributed by atoms with E-state index in [1.807, 2.05) is 0 Å². The van der Waals surface area contributed by atoms with E-state index in [2.05, 4.69) is 9.05 Å². The summed E-state index contributed by atoms with van der Waals surface area (Å²) >= 11 is 0. The molecule has 1 aliphatic heterocycles. The fraction of sp³-hybridized carbons (Fsp3) is 1.00. The summed E-state index contributed by atoms with van der Waals surface area (Å²) in [6, 6.07) is 0. The molecule has 0 unspecified atom stereocenters. The molecule has 9 heavy (non-hydrogen) atoms. The minimum absolute atomic E-state index is 0.133. The molecule has 1 saturated heterocycles. The summed E-state index contributed by atoms with van der Waals surface area (Å²) in [5.41, 5.74) is 5.22. The van der Waals surface area contributed by atoms with Gasteiger partial charge < -0.3 is 5.11 Å². The van der Waals surface area contributed by atoms with Gasteiger partial charge in [0.2, 0.25) is 5.91 Å². The first-order valence-corrected chi connectivity index (χ1v) is 3.70. The Balaban J connectivity index is 2.31. The van der Waals surface area contributed by atoms with Crippen molar-refractivity contribution in [3.05, 3.63) is 0 Å². The lowest BCUT2D eigenvalue weighted by Crippen LogP contribution is -2.49. The zero-order chi connectivity index (χ0) is 6.91. The van der Waals surface area contributed by atoms with Crippen LogP contribution in [0.5, 0.6) is 0 Å². The summed E-state index contributed by atoms with van der Waals surface area (Å²) in [6.45, 7) is -0.133. The number of aliphatic hydroxyl groups is 1. The van der Waals surface area contributed by atoms with Crippen LogP contribution in [0, 0.1) is 0 Å². The molecule has 1 fully saturated rings. The van der Waals surface area contributed by atoms with E-state index in [9.17, 15) is 4.57 Å². The van der Waals surface area contributed by atoms with Gasteiger partial charge in [0, 0.05) is 13.0 Å². The molecule has 0 radical (unpaired) electrons. The van der Waals surface area contributed by atoms with Gasteiger partial charge in [-0.2, -0.15) is 0 Å². The normalized spacial score (nSPS) is 42.2. The number of hydrogen-bond donors (Lipinski definition) is 2. The van der Waals surface area contributed by atoms with Gasteiger partial charge in [-0.15, -0.1) is 0 Å². The molecule has 6 heteroatoms. The summed E-state index contributed by atoms with van der Waals surface area (Å²) in [7, 11) is -2.31. The zero-order valence-electron chi connectivity index (χ0n) is 4.66. The largest absolute Gasteiger partial charge is 0.396 e. The molecule has 1 heterocycles. The minimum atomic E-state index is -2.31. The van der Waals surface area contributed by atoms with Crippen molar-refractivity contribution in [3.63, 3.8) is 0 Å². The third-order valence-corrected chi connectivity index (χ3v) is 2.00. The number of hydrogen-bond acceptors (Lipinski definition) is 5. The van der Waals surface area contributed by atoms with E-state index >= 15 is 0 Å². The summed E-state index contributed by atoms with van der Waals surface area (Å²) in [6.07, 6.45) is 0.156. The molecule has 0 saturated carbocycles. The Hall–Kier alpha value is 0.0700. The molecule has 0 atom stereocenters. The van der Waals surface area contributed by atoms with Crippen LogP contribution in [0.25, 0.3) is 0 Å². The van der Waals surface area contributed by atoms with Gasteiger partial charge >= 0.3 is 8.25 Å². The van der Waals surface area contributed by atoms with E-state index in [0.29, 0.717) is 0 Å². The van der Waals surface area contributed by atoms with E-state index in [0.717, 1.165) is 0 Å². The van der Waals surface area contributed by atoms with Gasteiger partial charge in [-0.1, -0.05) is 0 Å². The first kappa shape index (κ1) is 7.18. The van der Waals surface area contributed by atoms with Crippen molar-refractivity contribution in [2.24, 2.45) is 5.73 Å². The van der Waals surface area contributed by atoms with E-state index in [4.69, 9.17) is 10.8 Å². The van der Waals surface area contributed by atoms with Gasteiger partial charge in [-0.25, -0.2) is 0 Å². The molecule has 3 N–H and O–H groups in total. The van der Waals surface area contributed by atoms with Gasteiger partial charge in [0.25, 0.3) is 0 Å². The summed E-state index contributed by atoms with van der Waals surface area (Å²) in [4.78, 5) is 0. The number of nitrogens with two attached hydrogens (primary N) is 1. The highest BCUT2D eigenvalue weighted by molar-refractivity contribution is 7.34.